The minimum atomic E-state index is -3.72. The third kappa shape index (κ3) is 9.42. The SMILES string of the molecule is CCNC(=O)C(=O)C(CC1CC1)NC(=O)[C@@H]1[C@@H]2[C@H](CN1C(=O)[C@@H](NC(=O)N[C@H](CN(C)S(=O)(=O)N1CCCCC1)C(C)(C)C)C(C)(C)C)C2(C)C. The molecule has 4 aliphatic rings. The number of nitrogens with one attached hydrogen (secondary N) is 4. The molecular weight excluding hydrogens is 675 g/mol. The van der Waals surface area contributed by atoms with Gasteiger partial charge >= 0.3 is 6.03 Å². The van der Waals surface area contributed by atoms with Crippen molar-refractivity contribution in [1.82, 2.24) is 34.8 Å². The minimum Gasteiger partial charge on any atom is -0.350 e. The van der Waals surface area contributed by atoms with E-state index in [1.54, 1.807) is 6.92 Å². The van der Waals surface area contributed by atoms with E-state index in [1.165, 1.54) is 20.6 Å². The average molecular weight is 738 g/mol. The summed E-state index contributed by atoms with van der Waals surface area (Å²) in [4.78, 5) is 69.4. The number of ketones is 1. The van der Waals surface area contributed by atoms with E-state index in [2.05, 4.69) is 35.1 Å². The summed E-state index contributed by atoms with van der Waals surface area (Å²) in [7, 11) is -2.20. The van der Waals surface area contributed by atoms with Crippen LogP contribution in [-0.2, 0) is 29.4 Å². The highest BCUT2D eigenvalue weighted by Gasteiger charge is 2.70. The Morgan fingerprint density at radius 2 is 1.51 bits per heavy atom. The fraction of sp³-hybridized carbons (Fsp3) is 0.861. The Morgan fingerprint density at radius 3 is 2.04 bits per heavy atom. The van der Waals surface area contributed by atoms with Gasteiger partial charge in [0.15, 0.2) is 0 Å². The molecule has 4 rings (SSSR count). The molecule has 2 saturated heterocycles. The van der Waals surface area contributed by atoms with E-state index in [0.717, 1.165) is 32.1 Å². The molecule has 0 bridgehead atoms. The molecule has 14 nitrogen and oxygen atoms in total. The van der Waals surface area contributed by atoms with Crippen LogP contribution in [0.15, 0.2) is 0 Å². The first-order valence-corrected chi connectivity index (χ1v) is 20.1. The molecule has 0 radical (unpaired) electrons. The first-order valence-electron chi connectivity index (χ1n) is 18.7. The average Bonchev–Trinajstić information content (AvgIpc) is 3.89. The first kappa shape index (κ1) is 41.0. The molecule has 2 aliphatic carbocycles. The smallest absolute Gasteiger partial charge is 0.315 e. The van der Waals surface area contributed by atoms with Crippen LogP contribution in [0.25, 0.3) is 0 Å². The van der Waals surface area contributed by atoms with Crippen LogP contribution in [0.1, 0.15) is 101 Å². The van der Waals surface area contributed by atoms with E-state index >= 15 is 0 Å². The maximum absolute atomic E-state index is 14.5. The van der Waals surface area contributed by atoms with Gasteiger partial charge in [-0.25, -0.2) is 4.79 Å². The summed E-state index contributed by atoms with van der Waals surface area (Å²) in [5.41, 5.74) is -1.49. The van der Waals surface area contributed by atoms with E-state index < -0.39 is 74.7 Å². The van der Waals surface area contributed by atoms with Gasteiger partial charge in [0.05, 0.1) is 6.04 Å². The van der Waals surface area contributed by atoms with Crippen LogP contribution in [0.4, 0.5) is 4.79 Å². The zero-order valence-electron chi connectivity index (χ0n) is 32.4. The zero-order chi connectivity index (χ0) is 38.3. The fourth-order valence-electron chi connectivity index (χ4n) is 7.72. The maximum Gasteiger partial charge on any atom is 0.315 e. The number of Topliss-reactive ketones (excluding diaryl/α,β-unsaturated/α-hetero) is 1. The Balaban J connectivity index is 1.51. The van der Waals surface area contributed by atoms with Crippen molar-refractivity contribution in [3.05, 3.63) is 0 Å². The van der Waals surface area contributed by atoms with E-state index in [9.17, 15) is 32.4 Å². The summed E-state index contributed by atoms with van der Waals surface area (Å²) in [5, 5.41) is 11.2. The predicted molar refractivity (Wildman–Crippen MR) is 194 cm³/mol. The van der Waals surface area contributed by atoms with Crippen molar-refractivity contribution >= 4 is 39.7 Å². The largest absolute Gasteiger partial charge is 0.350 e. The number of piperidine rings is 2. The molecule has 0 aromatic heterocycles. The molecule has 0 aromatic rings. The van der Waals surface area contributed by atoms with Gasteiger partial charge in [-0.15, -0.1) is 0 Å². The lowest BCUT2D eigenvalue weighted by atomic mass is 9.85. The summed E-state index contributed by atoms with van der Waals surface area (Å²) in [6.45, 7) is 18.7. The number of carbonyl (C=O) groups excluding carboxylic acids is 5. The number of likely N-dealkylation sites (N-methyl/N-ethyl adjacent to an activating group) is 2. The quantitative estimate of drug-likeness (QED) is 0.198. The highest BCUT2D eigenvalue weighted by atomic mass is 32.2. The van der Waals surface area contributed by atoms with Crippen molar-refractivity contribution in [2.45, 2.75) is 125 Å². The Bertz CT molecular complexity index is 1440. The van der Waals surface area contributed by atoms with Crippen molar-refractivity contribution in [2.24, 2.45) is 34.0 Å². The summed E-state index contributed by atoms with van der Waals surface area (Å²) >= 11 is 0. The number of hydrogen-bond acceptors (Lipinski definition) is 7. The van der Waals surface area contributed by atoms with Crippen LogP contribution in [0, 0.1) is 34.0 Å². The Labute approximate surface area is 305 Å². The number of amides is 5. The summed E-state index contributed by atoms with van der Waals surface area (Å²) < 4.78 is 29.5. The normalized spacial score (nSPS) is 25.3. The van der Waals surface area contributed by atoms with Crippen LogP contribution in [0.2, 0.25) is 0 Å². The van der Waals surface area contributed by atoms with Crippen LogP contribution >= 0.6 is 0 Å². The summed E-state index contributed by atoms with van der Waals surface area (Å²) in [6, 6.07) is -4.09. The molecule has 5 amide bonds. The number of urea groups is 1. The van der Waals surface area contributed by atoms with E-state index in [1.807, 2.05) is 41.5 Å². The first-order chi connectivity index (χ1) is 23.5. The molecule has 2 heterocycles. The number of nitrogens with zero attached hydrogens (tertiary/aromatic N) is 3. The Kier molecular flexibility index (Phi) is 12.3. The van der Waals surface area contributed by atoms with Crippen molar-refractivity contribution in [2.75, 3.05) is 39.8 Å². The molecule has 0 aromatic carbocycles. The van der Waals surface area contributed by atoms with Gasteiger partial charge < -0.3 is 26.2 Å². The molecule has 1 unspecified atom stereocenters. The molecule has 4 N–H and O–H groups in total. The third-order valence-electron chi connectivity index (χ3n) is 11.4. The van der Waals surface area contributed by atoms with Gasteiger partial charge in [0.1, 0.15) is 12.1 Å². The van der Waals surface area contributed by atoms with Gasteiger partial charge in [0, 0.05) is 45.8 Å². The van der Waals surface area contributed by atoms with Crippen molar-refractivity contribution < 1.29 is 32.4 Å². The number of likely N-dealkylation sites (tertiary alicyclic amines) is 1. The van der Waals surface area contributed by atoms with Gasteiger partial charge in [0.25, 0.3) is 16.1 Å². The maximum atomic E-state index is 14.5. The lowest BCUT2D eigenvalue weighted by molar-refractivity contribution is -0.145. The molecule has 15 heteroatoms. The standard InChI is InChI=1S/C36H63N7O7S/c1-11-37-31(46)28(44)24(19-22-15-16-22)38-30(45)27-26-23(36(26,8)9)20-43(27)32(47)29(35(5,6)7)40-33(48)39-25(34(2,3)4)21-41(10)51(49,50)42-17-13-12-14-18-42/h22-27,29H,11-21H2,1-10H3,(H,37,46)(H,38,45)(H2,39,40,48)/t23-,24?,25+,26-,27-,29+/m0/s1. The lowest BCUT2D eigenvalue weighted by Gasteiger charge is -2.39. The van der Waals surface area contributed by atoms with Gasteiger partial charge in [-0.05, 0) is 60.2 Å². The molecule has 6 atom stereocenters. The van der Waals surface area contributed by atoms with Crippen LogP contribution in [0.3, 0.4) is 0 Å². The fourth-order valence-corrected chi connectivity index (χ4v) is 9.17. The number of carbonyl (C=O) groups is 5. The van der Waals surface area contributed by atoms with Gasteiger partial charge in [-0.2, -0.15) is 17.0 Å². The molecule has 2 aliphatic heterocycles. The molecule has 4 fully saturated rings. The Hall–Kier alpha value is -2.78. The third-order valence-corrected chi connectivity index (χ3v) is 13.4. The lowest BCUT2D eigenvalue weighted by Crippen LogP contribution is -2.63. The van der Waals surface area contributed by atoms with Gasteiger partial charge in [-0.1, -0.05) is 74.7 Å². The highest BCUT2D eigenvalue weighted by Crippen LogP contribution is 2.65. The topological polar surface area (TPSA) is 177 Å². The molecule has 51 heavy (non-hydrogen) atoms. The second-order valence-electron chi connectivity index (χ2n) is 17.9. The predicted octanol–water partition coefficient (Wildman–Crippen LogP) is 2.25. The van der Waals surface area contributed by atoms with E-state index in [-0.39, 0.29) is 36.3 Å². The van der Waals surface area contributed by atoms with E-state index in [4.69, 9.17) is 0 Å². The number of fused-ring (bicyclic) bond motifs is 1. The molecule has 2 saturated carbocycles. The number of hydrogen-bond donors (Lipinski definition) is 4. The zero-order valence-corrected chi connectivity index (χ0v) is 33.2. The van der Waals surface area contributed by atoms with Crippen LogP contribution < -0.4 is 21.3 Å². The van der Waals surface area contributed by atoms with Crippen LogP contribution in [-0.4, -0.2) is 115 Å². The molecular formula is C36H63N7O7S. The van der Waals surface area contributed by atoms with Crippen molar-refractivity contribution in [3.63, 3.8) is 0 Å². The number of rotatable bonds is 14. The van der Waals surface area contributed by atoms with E-state index in [0.29, 0.717) is 26.1 Å². The second kappa shape index (κ2) is 15.3. The van der Waals surface area contributed by atoms with Crippen molar-refractivity contribution in [1.29, 1.82) is 0 Å². The van der Waals surface area contributed by atoms with Crippen molar-refractivity contribution in [3.8, 4) is 0 Å². The monoisotopic (exact) mass is 737 g/mol. The van der Waals surface area contributed by atoms with Gasteiger partial charge in [-0.3, -0.25) is 19.2 Å². The molecule has 290 valence electrons. The molecule has 0 spiro atoms. The van der Waals surface area contributed by atoms with Gasteiger partial charge in [0.2, 0.25) is 17.6 Å². The Morgan fingerprint density at radius 1 is 0.902 bits per heavy atom. The second-order valence-corrected chi connectivity index (χ2v) is 20.0. The van der Waals surface area contributed by atoms with Crippen LogP contribution in [0.5, 0.6) is 0 Å². The summed E-state index contributed by atoms with van der Waals surface area (Å²) in [5.74, 6) is -2.11. The summed E-state index contributed by atoms with van der Waals surface area (Å²) in [6.07, 6.45) is 4.86. The highest BCUT2D eigenvalue weighted by molar-refractivity contribution is 7.86. The minimum absolute atomic E-state index is 0.0354.